The second kappa shape index (κ2) is 5.73. The van der Waals surface area contributed by atoms with Gasteiger partial charge in [-0.15, -0.1) is 0 Å². The van der Waals surface area contributed by atoms with E-state index in [1.807, 2.05) is 0 Å². The number of benzene rings is 2. The largest absolute Gasteiger partial charge is 0.455 e. The van der Waals surface area contributed by atoms with Gasteiger partial charge in [-0.05, 0) is 43.0 Å². The second-order valence-corrected chi connectivity index (χ2v) is 7.35. The lowest BCUT2D eigenvalue weighted by molar-refractivity contribution is -0.660. The zero-order valence-corrected chi connectivity index (χ0v) is 15.6. The molecule has 0 radical (unpaired) electrons. The van der Waals surface area contributed by atoms with E-state index in [-0.39, 0.29) is 0 Å². The molecule has 126 valence electrons. The maximum atomic E-state index is 6.32. The van der Waals surface area contributed by atoms with Crippen LogP contribution in [-0.4, -0.2) is 0 Å². The molecule has 0 aliphatic rings. The van der Waals surface area contributed by atoms with Gasteiger partial charge in [0.2, 0.25) is 5.69 Å². The van der Waals surface area contributed by atoms with E-state index < -0.39 is 0 Å². The summed E-state index contributed by atoms with van der Waals surface area (Å²) in [4.78, 5) is 0. The Bertz CT molecular complexity index is 1100. The van der Waals surface area contributed by atoms with Crippen LogP contribution in [0.3, 0.4) is 0 Å². The summed E-state index contributed by atoms with van der Waals surface area (Å²) in [7, 11) is 2.12. The summed E-state index contributed by atoms with van der Waals surface area (Å²) in [6.07, 6.45) is 2.23. The first-order chi connectivity index (χ1) is 12.0. The van der Waals surface area contributed by atoms with Crippen LogP contribution in [-0.2, 0) is 7.05 Å². The Hall–Kier alpha value is -2.61. The maximum absolute atomic E-state index is 6.32. The van der Waals surface area contributed by atoms with Gasteiger partial charge in [-0.3, -0.25) is 0 Å². The van der Waals surface area contributed by atoms with Gasteiger partial charge < -0.3 is 4.42 Å². The highest BCUT2D eigenvalue weighted by molar-refractivity contribution is 6.09. The summed E-state index contributed by atoms with van der Waals surface area (Å²) in [6.45, 7) is 8.71. The van der Waals surface area contributed by atoms with E-state index in [9.17, 15) is 0 Å². The topological polar surface area (TPSA) is 17.0 Å². The average Bonchev–Trinajstić information content (AvgIpc) is 2.92. The smallest absolute Gasteiger partial charge is 0.216 e. The summed E-state index contributed by atoms with van der Waals surface area (Å²) in [5.74, 6) is 0.520. The normalized spacial score (nSPS) is 11.8. The van der Waals surface area contributed by atoms with Gasteiger partial charge >= 0.3 is 0 Å². The van der Waals surface area contributed by atoms with Crippen LogP contribution in [0.15, 0.2) is 53.1 Å². The second-order valence-electron chi connectivity index (χ2n) is 7.35. The lowest BCUT2D eigenvalue weighted by Crippen LogP contribution is -2.31. The third-order valence-corrected chi connectivity index (χ3v) is 5.08. The minimum atomic E-state index is 0.520. The summed E-state index contributed by atoms with van der Waals surface area (Å²) in [6, 6.07) is 15.3. The number of hydrogen-bond donors (Lipinski definition) is 0. The highest BCUT2D eigenvalue weighted by atomic mass is 16.3. The molecule has 0 N–H and O–H groups in total. The van der Waals surface area contributed by atoms with E-state index in [0.29, 0.717) is 5.92 Å². The standard InChI is InChI=1S/C23H24NO/c1-14(2)17-8-11-20(24(5)13-17)22-16(4)7-10-19-18-9-6-15(3)12-21(18)25-23(19)22/h6-14H,1-5H3/q+1. The Kier molecular flexibility index (Phi) is 3.64. The Labute approximate surface area is 148 Å². The first-order valence-corrected chi connectivity index (χ1v) is 8.88. The number of furan rings is 1. The molecule has 0 atom stereocenters. The van der Waals surface area contributed by atoms with Crippen LogP contribution in [0, 0.1) is 13.8 Å². The van der Waals surface area contributed by atoms with Crippen molar-refractivity contribution in [3.05, 3.63) is 65.4 Å². The highest BCUT2D eigenvalue weighted by Gasteiger charge is 2.21. The van der Waals surface area contributed by atoms with Crippen LogP contribution < -0.4 is 4.57 Å². The predicted molar refractivity (Wildman–Crippen MR) is 104 cm³/mol. The molecule has 4 rings (SSSR count). The average molecular weight is 330 g/mol. The van der Waals surface area contributed by atoms with Crippen LogP contribution in [0.25, 0.3) is 33.2 Å². The van der Waals surface area contributed by atoms with Gasteiger partial charge in [0.05, 0.1) is 5.56 Å². The SMILES string of the molecule is Cc1ccc2c(c1)oc1c(-c3ccc(C(C)C)c[n+]3C)c(C)ccc12. The minimum absolute atomic E-state index is 0.520. The fraction of sp³-hybridized carbons (Fsp3) is 0.261. The predicted octanol–water partition coefficient (Wildman–Crippen LogP) is 5.82. The molecule has 0 unspecified atom stereocenters. The lowest BCUT2D eigenvalue weighted by Gasteiger charge is -2.08. The molecular formula is C23H24NO+. The number of aromatic nitrogens is 1. The molecule has 2 aromatic carbocycles. The van der Waals surface area contributed by atoms with Gasteiger partial charge in [-0.2, -0.15) is 0 Å². The van der Waals surface area contributed by atoms with Gasteiger partial charge in [0.1, 0.15) is 18.2 Å². The summed E-state index contributed by atoms with van der Waals surface area (Å²) < 4.78 is 8.54. The summed E-state index contributed by atoms with van der Waals surface area (Å²) in [5.41, 5.74) is 8.10. The van der Waals surface area contributed by atoms with Crippen molar-refractivity contribution >= 4 is 21.9 Å². The molecule has 2 heterocycles. The van der Waals surface area contributed by atoms with Crippen LogP contribution in [0.2, 0.25) is 0 Å². The van der Waals surface area contributed by atoms with E-state index in [1.165, 1.54) is 38.7 Å². The Morgan fingerprint density at radius 1 is 0.920 bits per heavy atom. The van der Waals surface area contributed by atoms with Crippen LogP contribution in [0.5, 0.6) is 0 Å². The molecule has 0 saturated heterocycles. The van der Waals surface area contributed by atoms with Gasteiger partial charge in [0.15, 0.2) is 6.20 Å². The van der Waals surface area contributed by atoms with E-state index in [1.54, 1.807) is 0 Å². The van der Waals surface area contributed by atoms with Crippen LogP contribution in [0.1, 0.15) is 36.5 Å². The molecule has 0 spiro atoms. The molecular weight excluding hydrogens is 306 g/mol. The van der Waals surface area contributed by atoms with E-state index >= 15 is 0 Å². The van der Waals surface area contributed by atoms with E-state index in [4.69, 9.17) is 4.42 Å². The third-order valence-electron chi connectivity index (χ3n) is 5.08. The number of fused-ring (bicyclic) bond motifs is 3. The summed E-state index contributed by atoms with van der Waals surface area (Å²) >= 11 is 0. The number of aryl methyl sites for hydroxylation is 3. The molecule has 0 bridgehead atoms. The molecule has 2 nitrogen and oxygen atoms in total. The van der Waals surface area contributed by atoms with Gasteiger partial charge in [-0.1, -0.05) is 38.1 Å². The fourth-order valence-corrected chi connectivity index (χ4v) is 3.59. The van der Waals surface area contributed by atoms with Crippen molar-refractivity contribution in [3.63, 3.8) is 0 Å². The first-order valence-electron chi connectivity index (χ1n) is 8.88. The van der Waals surface area contributed by atoms with Crippen molar-refractivity contribution in [1.29, 1.82) is 0 Å². The van der Waals surface area contributed by atoms with Crippen LogP contribution >= 0.6 is 0 Å². The van der Waals surface area contributed by atoms with Gasteiger partial charge in [-0.25, -0.2) is 4.57 Å². The summed E-state index contributed by atoms with van der Waals surface area (Å²) in [5, 5.41) is 2.37. The van der Waals surface area contributed by atoms with Crippen molar-refractivity contribution in [2.45, 2.75) is 33.6 Å². The molecule has 4 aromatic rings. The van der Waals surface area contributed by atoms with Crippen molar-refractivity contribution in [1.82, 2.24) is 0 Å². The lowest BCUT2D eigenvalue weighted by atomic mass is 9.99. The highest BCUT2D eigenvalue weighted by Crippen LogP contribution is 2.37. The van der Waals surface area contributed by atoms with Crippen molar-refractivity contribution in [2.24, 2.45) is 7.05 Å². The Balaban J connectivity index is 2.04. The van der Waals surface area contributed by atoms with E-state index in [0.717, 1.165) is 11.2 Å². The molecule has 0 saturated carbocycles. The zero-order chi connectivity index (χ0) is 17.7. The molecule has 0 amide bonds. The minimum Gasteiger partial charge on any atom is -0.455 e. The zero-order valence-electron chi connectivity index (χ0n) is 15.6. The molecule has 2 aromatic heterocycles. The Morgan fingerprint density at radius 2 is 1.68 bits per heavy atom. The number of nitrogens with zero attached hydrogens (tertiary/aromatic N) is 1. The molecule has 0 aliphatic heterocycles. The van der Waals surface area contributed by atoms with Gasteiger partial charge in [0, 0.05) is 22.4 Å². The molecule has 0 fully saturated rings. The number of hydrogen-bond acceptors (Lipinski definition) is 1. The number of rotatable bonds is 2. The van der Waals surface area contributed by atoms with Crippen molar-refractivity contribution < 1.29 is 8.98 Å². The van der Waals surface area contributed by atoms with Gasteiger partial charge in [0.25, 0.3) is 0 Å². The van der Waals surface area contributed by atoms with Crippen LogP contribution in [0.4, 0.5) is 0 Å². The van der Waals surface area contributed by atoms with Crippen molar-refractivity contribution in [3.8, 4) is 11.3 Å². The third kappa shape index (κ3) is 2.53. The first kappa shape index (κ1) is 15.9. The number of pyridine rings is 1. The maximum Gasteiger partial charge on any atom is 0.216 e. The fourth-order valence-electron chi connectivity index (χ4n) is 3.59. The quantitative estimate of drug-likeness (QED) is 0.423. The molecule has 25 heavy (non-hydrogen) atoms. The van der Waals surface area contributed by atoms with E-state index in [2.05, 4.69) is 88.0 Å². The Morgan fingerprint density at radius 3 is 2.40 bits per heavy atom. The molecule has 2 heteroatoms. The monoisotopic (exact) mass is 330 g/mol. The van der Waals surface area contributed by atoms with Crippen molar-refractivity contribution in [2.75, 3.05) is 0 Å². The molecule has 0 aliphatic carbocycles.